The second-order valence-electron chi connectivity index (χ2n) is 1.36. The molecule has 0 atom stereocenters. The Bertz CT molecular complexity index is 140. The molecule has 0 rings (SSSR count). The Labute approximate surface area is 60.0 Å². The molecule has 0 fully saturated rings. The Morgan fingerprint density at radius 2 is 1.78 bits per heavy atom. The SMILES string of the molecule is Cl.O=S(=O)(O)CCCO. The molecule has 0 aromatic rings. The lowest BCUT2D eigenvalue weighted by Gasteiger charge is -1.89. The first-order valence-corrected chi connectivity index (χ1v) is 3.73. The summed E-state index contributed by atoms with van der Waals surface area (Å²) in [6.07, 6.45) is 0.0961. The summed E-state index contributed by atoms with van der Waals surface area (Å²) in [6, 6.07) is 0. The van der Waals surface area contributed by atoms with Crippen LogP contribution < -0.4 is 0 Å². The fraction of sp³-hybridized carbons (Fsp3) is 1.00. The van der Waals surface area contributed by atoms with E-state index >= 15 is 0 Å². The Kier molecular flexibility index (Phi) is 6.59. The van der Waals surface area contributed by atoms with Crippen LogP contribution in [0.5, 0.6) is 0 Å². The van der Waals surface area contributed by atoms with Crippen molar-refractivity contribution in [2.24, 2.45) is 0 Å². The Balaban J connectivity index is 0. The number of aliphatic hydroxyl groups excluding tert-OH is 1. The van der Waals surface area contributed by atoms with E-state index in [1.165, 1.54) is 0 Å². The largest absolute Gasteiger partial charge is 0.396 e. The minimum absolute atomic E-state index is 0. The van der Waals surface area contributed by atoms with E-state index < -0.39 is 10.1 Å². The maximum absolute atomic E-state index is 9.83. The molecule has 0 aromatic carbocycles. The van der Waals surface area contributed by atoms with Crippen molar-refractivity contribution < 1.29 is 18.1 Å². The van der Waals surface area contributed by atoms with Crippen LogP contribution in [0.4, 0.5) is 0 Å². The van der Waals surface area contributed by atoms with Crippen LogP contribution in [0.1, 0.15) is 6.42 Å². The zero-order valence-corrected chi connectivity index (χ0v) is 6.28. The molecular weight excluding hydrogens is 168 g/mol. The van der Waals surface area contributed by atoms with E-state index in [1.54, 1.807) is 0 Å². The summed E-state index contributed by atoms with van der Waals surface area (Å²) in [5.74, 6) is -0.358. The monoisotopic (exact) mass is 176 g/mol. The lowest BCUT2D eigenvalue weighted by Crippen LogP contribution is -2.04. The molecule has 0 aliphatic heterocycles. The molecule has 0 radical (unpaired) electrons. The molecule has 9 heavy (non-hydrogen) atoms. The molecule has 0 heterocycles. The van der Waals surface area contributed by atoms with Crippen molar-refractivity contribution in [2.75, 3.05) is 12.4 Å². The van der Waals surface area contributed by atoms with Gasteiger partial charge in [-0.25, -0.2) is 0 Å². The minimum Gasteiger partial charge on any atom is -0.396 e. The topological polar surface area (TPSA) is 74.6 Å². The number of aliphatic hydroxyl groups is 1. The molecule has 6 heteroatoms. The fourth-order valence-corrected chi connectivity index (χ4v) is 0.741. The summed E-state index contributed by atoms with van der Waals surface area (Å²) in [7, 11) is -3.85. The normalized spacial score (nSPS) is 10.4. The van der Waals surface area contributed by atoms with E-state index in [0.717, 1.165) is 0 Å². The molecule has 0 amide bonds. The van der Waals surface area contributed by atoms with E-state index in [2.05, 4.69) is 0 Å². The van der Waals surface area contributed by atoms with Crippen LogP contribution in [0, 0.1) is 0 Å². The van der Waals surface area contributed by atoms with Gasteiger partial charge in [-0.1, -0.05) is 0 Å². The molecular formula is C3H9ClO4S. The van der Waals surface area contributed by atoms with Crippen LogP contribution >= 0.6 is 12.4 Å². The molecule has 0 unspecified atom stereocenters. The summed E-state index contributed by atoms with van der Waals surface area (Å²) >= 11 is 0. The van der Waals surface area contributed by atoms with Gasteiger partial charge in [0, 0.05) is 6.61 Å². The van der Waals surface area contributed by atoms with Gasteiger partial charge >= 0.3 is 0 Å². The van der Waals surface area contributed by atoms with E-state index in [-0.39, 0.29) is 31.2 Å². The van der Waals surface area contributed by atoms with Crippen molar-refractivity contribution in [1.29, 1.82) is 0 Å². The van der Waals surface area contributed by atoms with Crippen LogP contribution in [-0.4, -0.2) is 30.4 Å². The fourth-order valence-electron chi connectivity index (χ4n) is 0.247. The molecule has 0 spiro atoms. The predicted molar refractivity (Wildman–Crippen MR) is 35.4 cm³/mol. The molecule has 2 N–H and O–H groups in total. The highest BCUT2D eigenvalue weighted by Crippen LogP contribution is 1.84. The number of hydrogen-bond donors (Lipinski definition) is 2. The molecule has 0 aliphatic rings. The zero-order chi connectivity index (χ0) is 6.62. The quantitative estimate of drug-likeness (QED) is 0.578. The second-order valence-corrected chi connectivity index (χ2v) is 2.94. The predicted octanol–water partition coefficient (Wildman–Crippen LogP) is -0.322. The van der Waals surface area contributed by atoms with Crippen LogP contribution in [0.3, 0.4) is 0 Å². The van der Waals surface area contributed by atoms with Crippen LogP contribution in [0.15, 0.2) is 0 Å². The Morgan fingerprint density at radius 3 is 1.89 bits per heavy atom. The van der Waals surface area contributed by atoms with Crippen molar-refractivity contribution in [1.82, 2.24) is 0 Å². The van der Waals surface area contributed by atoms with E-state index in [1.807, 2.05) is 0 Å². The van der Waals surface area contributed by atoms with Gasteiger partial charge < -0.3 is 5.11 Å². The Hall–Kier alpha value is 0.160. The number of rotatable bonds is 3. The zero-order valence-electron chi connectivity index (χ0n) is 4.65. The summed E-state index contributed by atoms with van der Waals surface area (Å²) in [5.41, 5.74) is 0. The first kappa shape index (κ1) is 11.9. The van der Waals surface area contributed by atoms with Crippen molar-refractivity contribution >= 4 is 22.5 Å². The van der Waals surface area contributed by atoms with Crippen molar-refractivity contribution in [3.05, 3.63) is 0 Å². The highest BCUT2D eigenvalue weighted by atomic mass is 35.5. The lowest BCUT2D eigenvalue weighted by atomic mass is 10.5. The van der Waals surface area contributed by atoms with Gasteiger partial charge in [0.2, 0.25) is 0 Å². The third kappa shape index (κ3) is 11.6. The highest BCUT2D eigenvalue weighted by molar-refractivity contribution is 7.85. The molecule has 4 nitrogen and oxygen atoms in total. The molecule has 0 saturated heterocycles. The van der Waals surface area contributed by atoms with Crippen molar-refractivity contribution in [2.45, 2.75) is 6.42 Å². The highest BCUT2D eigenvalue weighted by Gasteiger charge is 2.00. The smallest absolute Gasteiger partial charge is 0.264 e. The summed E-state index contributed by atoms with van der Waals surface area (Å²) in [6.45, 7) is -0.209. The third-order valence-electron chi connectivity index (χ3n) is 0.560. The molecule has 0 aliphatic carbocycles. The summed E-state index contributed by atoms with van der Waals surface area (Å²) < 4.78 is 27.7. The lowest BCUT2D eigenvalue weighted by molar-refractivity contribution is 0.294. The second kappa shape index (κ2) is 4.99. The van der Waals surface area contributed by atoms with Crippen LogP contribution in [-0.2, 0) is 10.1 Å². The van der Waals surface area contributed by atoms with E-state index in [0.29, 0.717) is 0 Å². The van der Waals surface area contributed by atoms with Crippen molar-refractivity contribution in [3.63, 3.8) is 0 Å². The molecule has 0 bridgehead atoms. The van der Waals surface area contributed by atoms with Gasteiger partial charge in [0.05, 0.1) is 5.75 Å². The van der Waals surface area contributed by atoms with Gasteiger partial charge in [0.15, 0.2) is 0 Å². The summed E-state index contributed by atoms with van der Waals surface area (Å²) in [4.78, 5) is 0. The average molecular weight is 177 g/mol. The first-order chi connectivity index (χ1) is 3.56. The van der Waals surface area contributed by atoms with E-state index in [9.17, 15) is 8.42 Å². The maximum atomic E-state index is 9.83. The maximum Gasteiger partial charge on any atom is 0.264 e. The number of hydrogen-bond acceptors (Lipinski definition) is 3. The van der Waals surface area contributed by atoms with Gasteiger partial charge in [-0.05, 0) is 6.42 Å². The van der Waals surface area contributed by atoms with Crippen molar-refractivity contribution in [3.8, 4) is 0 Å². The van der Waals surface area contributed by atoms with Gasteiger partial charge in [-0.15, -0.1) is 12.4 Å². The summed E-state index contributed by atoms with van der Waals surface area (Å²) in [5, 5.41) is 8.05. The molecule has 0 saturated carbocycles. The number of halogens is 1. The Morgan fingerprint density at radius 1 is 1.33 bits per heavy atom. The standard InChI is InChI=1S/C3H8O4S.ClH/c4-2-1-3-8(5,6)7;/h4H,1-3H2,(H,5,6,7);1H. The van der Waals surface area contributed by atoms with E-state index in [4.69, 9.17) is 9.66 Å². The average Bonchev–Trinajstić information content (AvgIpc) is 1.59. The van der Waals surface area contributed by atoms with Gasteiger partial charge in [0.25, 0.3) is 10.1 Å². The van der Waals surface area contributed by atoms with Gasteiger partial charge in [-0.3, -0.25) is 4.55 Å². The minimum atomic E-state index is -3.85. The van der Waals surface area contributed by atoms with Gasteiger partial charge in [-0.2, -0.15) is 8.42 Å². The van der Waals surface area contributed by atoms with Crippen LogP contribution in [0.25, 0.3) is 0 Å². The molecule has 58 valence electrons. The third-order valence-corrected chi connectivity index (χ3v) is 1.36. The molecule has 0 aromatic heterocycles. The van der Waals surface area contributed by atoms with Crippen LogP contribution in [0.2, 0.25) is 0 Å². The van der Waals surface area contributed by atoms with Gasteiger partial charge in [0.1, 0.15) is 0 Å². The first-order valence-electron chi connectivity index (χ1n) is 2.12.